The highest BCUT2D eigenvalue weighted by Gasteiger charge is 2.12. The SMILES string of the molecule is CCc1ccc(Cc2ccccc2F)c(O)c1CC. The molecule has 0 atom stereocenters. The fourth-order valence-corrected chi connectivity index (χ4v) is 2.44. The second kappa shape index (κ2) is 5.87. The average Bonchev–Trinajstić information content (AvgIpc) is 2.43. The van der Waals surface area contributed by atoms with Crippen LogP contribution in [0.2, 0.25) is 0 Å². The average molecular weight is 258 g/mol. The molecular weight excluding hydrogens is 239 g/mol. The van der Waals surface area contributed by atoms with E-state index in [9.17, 15) is 9.50 Å². The van der Waals surface area contributed by atoms with Crippen LogP contribution in [0.4, 0.5) is 4.39 Å². The molecule has 2 aromatic rings. The highest BCUT2D eigenvalue weighted by Crippen LogP contribution is 2.29. The van der Waals surface area contributed by atoms with Gasteiger partial charge in [0.1, 0.15) is 11.6 Å². The summed E-state index contributed by atoms with van der Waals surface area (Å²) in [4.78, 5) is 0. The highest BCUT2D eigenvalue weighted by atomic mass is 19.1. The number of aryl methyl sites for hydroxylation is 1. The second-order valence-electron chi connectivity index (χ2n) is 4.69. The summed E-state index contributed by atoms with van der Waals surface area (Å²) >= 11 is 0. The third-order valence-electron chi connectivity index (χ3n) is 3.54. The minimum atomic E-state index is -0.223. The van der Waals surface area contributed by atoms with Crippen molar-refractivity contribution in [2.45, 2.75) is 33.1 Å². The molecule has 0 heterocycles. The zero-order valence-electron chi connectivity index (χ0n) is 11.4. The lowest BCUT2D eigenvalue weighted by Gasteiger charge is -2.13. The lowest BCUT2D eigenvalue weighted by molar-refractivity contribution is 0.461. The topological polar surface area (TPSA) is 20.2 Å². The van der Waals surface area contributed by atoms with Crippen molar-refractivity contribution < 1.29 is 9.50 Å². The first-order chi connectivity index (χ1) is 9.17. The molecule has 0 saturated heterocycles. The molecule has 2 aromatic carbocycles. The van der Waals surface area contributed by atoms with Crippen LogP contribution >= 0.6 is 0 Å². The van der Waals surface area contributed by atoms with E-state index in [-0.39, 0.29) is 5.82 Å². The molecule has 0 aliphatic carbocycles. The Bertz CT molecular complexity index is 575. The standard InChI is InChI=1S/C17H19FO/c1-3-12-9-10-14(17(19)15(12)4-2)11-13-7-5-6-8-16(13)18/h5-10,19H,3-4,11H2,1-2H3. The molecule has 2 heteroatoms. The Morgan fingerprint density at radius 1 is 0.895 bits per heavy atom. The maximum Gasteiger partial charge on any atom is 0.126 e. The predicted octanol–water partition coefficient (Wildman–Crippen LogP) is 4.25. The molecule has 0 spiro atoms. The fraction of sp³-hybridized carbons (Fsp3) is 0.294. The van der Waals surface area contributed by atoms with Crippen molar-refractivity contribution in [3.63, 3.8) is 0 Å². The number of halogens is 1. The number of hydrogen-bond donors (Lipinski definition) is 1. The summed E-state index contributed by atoms with van der Waals surface area (Å²) in [5.41, 5.74) is 3.55. The highest BCUT2D eigenvalue weighted by molar-refractivity contribution is 5.47. The van der Waals surface area contributed by atoms with Gasteiger partial charge in [-0.25, -0.2) is 4.39 Å². The summed E-state index contributed by atoms with van der Waals surface area (Å²) in [7, 11) is 0. The molecule has 0 aliphatic rings. The minimum absolute atomic E-state index is 0.223. The minimum Gasteiger partial charge on any atom is -0.507 e. The van der Waals surface area contributed by atoms with Crippen molar-refractivity contribution in [1.82, 2.24) is 0 Å². The zero-order valence-corrected chi connectivity index (χ0v) is 11.4. The zero-order chi connectivity index (χ0) is 13.8. The van der Waals surface area contributed by atoms with Gasteiger partial charge in [0, 0.05) is 6.42 Å². The van der Waals surface area contributed by atoms with E-state index in [1.165, 1.54) is 6.07 Å². The molecule has 0 aromatic heterocycles. The summed E-state index contributed by atoms with van der Waals surface area (Å²) in [5.74, 6) is 0.101. The lowest BCUT2D eigenvalue weighted by Crippen LogP contribution is -1.98. The van der Waals surface area contributed by atoms with Gasteiger partial charge in [0.15, 0.2) is 0 Å². The van der Waals surface area contributed by atoms with Crippen LogP contribution in [0, 0.1) is 5.82 Å². The van der Waals surface area contributed by atoms with Crippen LogP contribution in [0.15, 0.2) is 36.4 Å². The maximum absolute atomic E-state index is 13.7. The van der Waals surface area contributed by atoms with Crippen molar-refractivity contribution >= 4 is 0 Å². The molecule has 19 heavy (non-hydrogen) atoms. The largest absolute Gasteiger partial charge is 0.507 e. The molecule has 0 bridgehead atoms. The first kappa shape index (κ1) is 13.6. The summed E-state index contributed by atoms with van der Waals surface area (Å²) < 4.78 is 13.7. The normalized spacial score (nSPS) is 10.7. The number of phenols is 1. The van der Waals surface area contributed by atoms with E-state index in [2.05, 4.69) is 6.92 Å². The third-order valence-corrected chi connectivity index (χ3v) is 3.54. The number of phenolic OH excluding ortho intramolecular Hbond substituents is 1. The van der Waals surface area contributed by atoms with Crippen LogP contribution in [-0.4, -0.2) is 5.11 Å². The van der Waals surface area contributed by atoms with Crippen LogP contribution in [0.5, 0.6) is 5.75 Å². The van der Waals surface area contributed by atoms with Crippen LogP contribution < -0.4 is 0 Å². The van der Waals surface area contributed by atoms with E-state index in [4.69, 9.17) is 0 Å². The maximum atomic E-state index is 13.7. The van der Waals surface area contributed by atoms with Gasteiger partial charge in [-0.3, -0.25) is 0 Å². The van der Waals surface area contributed by atoms with E-state index in [0.29, 0.717) is 17.7 Å². The molecule has 100 valence electrons. The number of hydrogen-bond acceptors (Lipinski definition) is 1. The number of rotatable bonds is 4. The monoisotopic (exact) mass is 258 g/mol. The van der Waals surface area contributed by atoms with Gasteiger partial charge < -0.3 is 5.11 Å². The number of benzene rings is 2. The molecule has 0 unspecified atom stereocenters. The van der Waals surface area contributed by atoms with E-state index < -0.39 is 0 Å². The molecule has 1 nitrogen and oxygen atoms in total. The summed E-state index contributed by atoms with van der Waals surface area (Å²) in [5, 5.41) is 10.3. The third kappa shape index (κ3) is 2.78. The Morgan fingerprint density at radius 3 is 2.21 bits per heavy atom. The van der Waals surface area contributed by atoms with Crippen LogP contribution in [-0.2, 0) is 19.3 Å². The van der Waals surface area contributed by atoms with Crippen molar-refractivity contribution in [2.24, 2.45) is 0 Å². The Morgan fingerprint density at radius 2 is 1.58 bits per heavy atom. The lowest BCUT2D eigenvalue weighted by atomic mass is 9.95. The van der Waals surface area contributed by atoms with Gasteiger partial charge in [-0.1, -0.05) is 44.2 Å². The van der Waals surface area contributed by atoms with Crippen LogP contribution in [0.25, 0.3) is 0 Å². The van der Waals surface area contributed by atoms with Gasteiger partial charge in [0.2, 0.25) is 0 Å². The summed E-state index contributed by atoms with van der Waals surface area (Å²) in [6, 6.07) is 10.6. The van der Waals surface area contributed by atoms with Gasteiger partial charge in [-0.2, -0.15) is 0 Å². The Labute approximate surface area is 113 Å². The van der Waals surface area contributed by atoms with Gasteiger partial charge in [0.05, 0.1) is 0 Å². The van der Waals surface area contributed by atoms with Crippen molar-refractivity contribution in [3.05, 3.63) is 64.5 Å². The Balaban J connectivity index is 2.39. The van der Waals surface area contributed by atoms with E-state index in [0.717, 1.165) is 29.5 Å². The molecule has 0 amide bonds. The summed E-state index contributed by atoms with van der Waals surface area (Å²) in [6.45, 7) is 4.10. The Kier molecular flexibility index (Phi) is 4.20. The molecular formula is C17H19FO. The molecule has 1 N–H and O–H groups in total. The predicted molar refractivity (Wildman–Crippen MR) is 76.1 cm³/mol. The fourth-order valence-electron chi connectivity index (χ4n) is 2.44. The van der Waals surface area contributed by atoms with E-state index >= 15 is 0 Å². The van der Waals surface area contributed by atoms with Gasteiger partial charge >= 0.3 is 0 Å². The second-order valence-corrected chi connectivity index (χ2v) is 4.69. The van der Waals surface area contributed by atoms with Crippen molar-refractivity contribution in [2.75, 3.05) is 0 Å². The van der Waals surface area contributed by atoms with Crippen molar-refractivity contribution in [1.29, 1.82) is 0 Å². The van der Waals surface area contributed by atoms with Gasteiger partial charge in [-0.15, -0.1) is 0 Å². The first-order valence-corrected chi connectivity index (χ1v) is 6.73. The van der Waals surface area contributed by atoms with E-state index in [1.54, 1.807) is 12.1 Å². The Hall–Kier alpha value is -1.83. The summed E-state index contributed by atoms with van der Waals surface area (Å²) in [6.07, 6.45) is 2.12. The quantitative estimate of drug-likeness (QED) is 0.869. The smallest absolute Gasteiger partial charge is 0.126 e. The van der Waals surface area contributed by atoms with Crippen LogP contribution in [0.1, 0.15) is 36.1 Å². The van der Waals surface area contributed by atoms with E-state index in [1.807, 2.05) is 25.1 Å². The molecule has 2 rings (SSSR count). The molecule has 0 fully saturated rings. The number of aromatic hydroxyl groups is 1. The molecule has 0 aliphatic heterocycles. The van der Waals surface area contributed by atoms with Gasteiger partial charge in [-0.05, 0) is 41.2 Å². The van der Waals surface area contributed by atoms with Crippen LogP contribution in [0.3, 0.4) is 0 Å². The first-order valence-electron chi connectivity index (χ1n) is 6.73. The molecule has 0 radical (unpaired) electrons. The van der Waals surface area contributed by atoms with Crippen molar-refractivity contribution in [3.8, 4) is 5.75 Å². The molecule has 0 saturated carbocycles. The van der Waals surface area contributed by atoms with Gasteiger partial charge in [0.25, 0.3) is 0 Å².